The minimum Gasteiger partial charge on any atom is -0.465 e. The first-order valence-electron chi connectivity index (χ1n) is 14.1. The van der Waals surface area contributed by atoms with Crippen LogP contribution < -0.4 is 10.6 Å². The molecule has 224 valence electrons. The predicted molar refractivity (Wildman–Crippen MR) is 160 cm³/mol. The molecule has 3 N–H and O–H groups in total. The SMILES string of the molecule is COC[C@H](C)NC(=O)c1cn(COCC[Si](C)(C)C)c2ncc(N[C@@H]3CCN(C(=O)O)[C@@](C)(C(C)(C)C)C3)nc12. The van der Waals surface area contributed by atoms with Crippen molar-refractivity contribution < 1.29 is 24.2 Å². The van der Waals surface area contributed by atoms with E-state index < -0.39 is 19.7 Å². The Kier molecular flexibility index (Phi) is 9.89. The zero-order chi connectivity index (χ0) is 29.9. The lowest BCUT2D eigenvalue weighted by atomic mass is 9.68. The summed E-state index contributed by atoms with van der Waals surface area (Å²) in [5.74, 6) is 0.297. The van der Waals surface area contributed by atoms with Crippen LogP contribution in [0.2, 0.25) is 25.7 Å². The van der Waals surface area contributed by atoms with Crippen LogP contribution in [0.25, 0.3) is 11.2 Å². The third-order valence-corrected chi connectivity index (χ3v) is 9.67. The van der Waals surface area contributed by atoms with E-state index in [4.69, 9.17) is 14.5 Å². The molecule has 1 aliphatic heterocycles. The summed E-state index contributed by atoms with van der Waals surface area (Å²) in [7, 11) is 0.366. The minimum absolute atomic E-state index is 0.00226. The summed E-state index contributed by atoms with van der Waals surface area (Å²) >= 11 is 0. The summed E-state index contributed by atoms with van der Waals surface area (Å²) < 4.78 is 13.0. The number of amides is 2. The molecule has 0 spiro atoms. The van der Waals surface area contributed by atoms with E-state index in [-0.39, 0.29) is 30.1 Å². The maximum absolute atomic E-state index is 13.3. The molecule has 11 nitrogen and oxygen atoms in total. The predicted octanol–water partition coefficient (Wildman–Crippen LogP) is 4.87. The first-order valence-corrected chi connectivity index (χ1v) is 17.8. The Morgan fingerprint density at radius 2 is 2.00 bits per heavy atom. The molecule has 0 aromatic carbocycles. The number of anilines is 1. The van der Waals surface area contributed by atoms with Crippen LogP contribution in [-0.4, -0.2) is 89.1 Å². The van der Waals surface area contributed by atoms with E-state index in [1.165, 1.54) is 0 Å². The van der Waals surface area contributed by atoms with E-state index in [9.17, 15) is 14.7 Å². The zero-order valence-electron chi connectivity index (χ0n) is 25.6. The summed E-state index contributed by atoms with van der Waals surface area (Å²) in [5, 5.41) is 16.3. The number of nitrogens with one attached hydrogen (secondary N) is 2. The first-order chi connectivity index (χ1) is 18.6. The number of rotatable bonds is 11. The maximum atomic E-state index is 13.3. The van der Waals surface area contributed by atoms with Gasteiger partial charge in [-0.2, -0.15) is 0 Å². The van der Waals surface area contributed by atoms with Gasteiger partial charge in [0.1, 0.15) is 18.1 Å². The molecule has 3 rings (SSSR count). The van der Waals surface area contributed by atoms with Crippen molar-refractivity contribution >= 4 is 37.1 Å². The standard InChI is InChI=1S/C28H48N6O5Si/c1-19(17-38-6)30-25(35)21-16-33(18-39-12-13-40(7,8)9)24-23(21)32-22(15-29-24)31-20-10-11-34(26(36)37)28(5,14-20)27(2,3)4/h15-16,19-20H,10-14,17-18H2,1-9H3,(H,30,35)(H,31,32)(H,36,37)/t19-,20+,28+/m0/s1. The van der Waals surface area contributed by atoms with Gasteiger partial charge in [0.2, 0.25) is 0 Å². The van der Waals surface area contributed by atoms with Crippen molar-refractivity contribution in [3.05, 3.63) is 18.0 Å². The fraction of sp³-hybridized carbons (Fsp3) is 0.714. The molecule has 0 radical (unpaired) electrons. The highest BCUT2D eigenvalue weighted by molar-refractivity contribution is 6.76. The van der Waals surface area contributed by atoms with Crippen LogP contribution in [0, 0.1) is 5.41 Å². The van der Waals surface area contributed by atoms with E-state index in [0.717, 1.165) is 6.04 Å². The molecule has 0 unspecified atom stereocenters. The van der Waals surface area contributed by atoms with Crippen molar-refractivity contribution in [2.45, 2.75) is 97.5 Å². The van der Waals surface area contributed by atoms with Gasteiger partial charge in [0.15, 0.2) is 5.65 Å². The van der Waals surface area contributed by atoms with Crippen LogP contribution in [-0.2, 0) is 16.2 Å². The highest BCUT2D eigenvalue weighted by Crippen LogP contribution is 2.43. The number of aromatic nitrogens is 3. The van der Waals surface area contributed by atoms with Gasteiger partial charge in [0, 0.05) is 46.6 Å². The molecule has 2 amide bonds. The van der Waals surface area contributed by atoms with Gasteiger partial charge in [0.25, 0.3) is 5.91 Å². The van der Waals surface area contributed by atoms with E-state index in [1.807, 2.05) is 18.4 Å². The summed E-state index contributed by atoms with van der Waals surface area (Å²) in [5.41, 5.74) is 0.651. The summed E-state index contributed by atoms with van der Waals surface area (Å²) in [6.07, 6.45) is 3.79. The number of hydrogen-bond donors (Lipinski definition) is 3. The van der Waals surface area contributed by atoms with E-state index >= 15 is 0 Å². The molecular weight excluding hydrogens is 528 g/mol. The lowest BCUT2D eigenvalue weighted by Crippen LogP contribution is -2.62. The van der Waals surface area contributed by atoms with Gasteiger partial charge in [-0.05, 0) is 38.1 Å². The minimum atomic E-state index is -1.23. The number of carboxylic acid groups (broad SMARTS) is 1. The van der Waals surface area contributed by atoms with Crippen molar-refractivity contribution in [3.8, 4) is 0 Å². The molecule has 12 heteroatoms. The third-order valence-electron chi connectivity index (χ3n) is 7.97. The summed E-state index contributed by atoms with van der Waals surface area (Å²) in [6.45, 7) is 18.8. The van der Waals surface area contributed by atoms with Gasteiger partial charge in [0.05, 0.1) is 23.9 Å². The second-order valence-corrected chi connectivity index (χ2v) is 19.0. The van der Waals surface area contributed by atoms with Crippen LogP contribution in [0.4, 0.5) is 10.6 Å². The molecule has 2 aromatic rings. The summed E-state index contributed by atoms with van der Waals surface area (Å²) in [6, 6.07) is 0.868. The van der Waals surface area contributed by atoms with Gasteiger partial charge in [-0.15, -0.1) is 0 Å². The molecule has 1 saturated heterocycles. The van der Waals surface area contributed by atoms with E-state index in [1.54, 1.807) is 24.4 Å². The molecule has 40 heavy (non-hydrogen) atoms. The highest BCUT2D eigenvalue weighted by Gasteiger charge is 2.49. The molecule has 1 fully saturated rings. The van der Waals surface area contributed by atoms with Crippen LogP contribution >= 0.6 is 0 Å². The molecular formula is C28H48N6O5Si. The lowest BCUT2D eigenvalue weighted by Gasteiger charge is -2.53. The molecule has 0 saturated carbocycles. The fourth-order valence-electron chi connectivity index (χ4n) is 5.09. The molecule has 3 atom stereocenters. The average molecular weight is 577 g/mol. The van der Waals surface area contributed by atoms with Crippen molar-refractivity contribution in [2.24, 2.45) is 5.41 Å². The van der Waals surface area contributed by atoms with Crippen molar-refractivity contribution in [1.82, 2.24) is 24.8 Å². The number of methoxy groups -OCH3 is 1. The second kappa shape index (κ2) is 12.4. The van der Waals surface area contributed by atoms with E-state index in [0.29, 0.717) is 55.1 Å². The number of carbonyl (C=O) groups is 2. The third kappa shape index (κ3) is 7.52. The quantitative estimate of drug-likeness (QED) is 0.255. The normalized spacial score (nSPS) is 20.9. The Labute approximate surface area is 239 Å². The van der Waals surface area contributed by atoms with Crippen molar-refractivity contribution in [3.63, 3.8) is 0 Å². The number of fused-ring (bicyclic) bond motifs is 1. The number of likely N-dealkylation sites (tertiary alicyclic amines) is 1. The fourth-order valence-corrected chi connectivity index (χ4v) is 5.85. The largest absolute Gasteiger partial charge is 0.465 e. The van der Waals surface area contributed by atoms with Gasteiger partial charge in [-0.1, -0.05) is 40.4 Å². The monoisotopic (exact) mass is 576 g/mol. The number of hydrogen-bond acceptors (Lipinski definition) is 7. The molecule has 3 heterocycles. The Morgan fingerprint density at radius 3 is 2.60 bits per heavy atom. The Bertz CT molecular complexity index is 1190. The van der Waals surface area contributed by atoms with Crippen LogP contribution in [0.15, 0.2) is 12.4 Å². The number of ether oxygens (including phenoxy) is 2. The smallest absolute Gasteiger partial charge is 0.407 e. The number of piperidine rings is 1. The van der Waals surface area contributed by atoms with E-state index in [2.05, 4.69) is 56.0 Å². The topological polar surface area (TPSA) is 131 Å². The number of carbonyl (C=O) groups excluding carboxylic acids is 1. The maximum Gasteiger partial charge on any atom is 0.407 e. The van der Waals surface area contributed by atoms with Gasteiger partial charge in [-0.25, -0.2) is 14.8 Å². The molecule has 2 aromatic heterocycles. The van der Waals surface area contributed by atoms with Crippen LogP contribution in [0.1, 0.15) is 57.8 Å². The van der Waals surface area contributed by atoms with Crippen molar-refractivity contribution in [1.29, 1.82) is 0 Å². The Morgan fingerprint density at radius 1 is 1.30 bits per heavy atom. The van der Waals surface area contributed by atoms with Crippen LogP contribution in [0.3, 0.4) is 0 Å². The second-order valence-electron chi connectivity index (χ2n) is 13.4. The molecule has 0 bridgehead atoms. The van der Waals surface area contributed by atoms with Gasteiger partial charge >= 0.3 is 6.09 Å². The van der Waals surface area contributed by atoms with Gasteiger partial charge < -0.3 is 34.7 Å². The molecule has 1 aliphatic rings. The van der Waals surface area contributed by atoms with Gasteiger partial charge in [-0.3, -0.25) is 4.79 Å². The number of nitrogens with zero attached hydrogens (tertiary/aromatic N) is 4. The van der Waals surface area contributed by atoms with Crippen LogP contribution in [0.5, 0.6) is 0 Å². The Hall–Kier alpha value is -2.70. The zero-order valence-corrected chi connectivity index (χ0v) is 26.6. The first kappa shape index (κ1) is 31.8. The average Bonchev–Trinajstić information content (AvgIpc) is 3.18. The van der Waals surface area contributed by atoms with Crippen molar-refractivity contribution in [2.75, 3.05) is 32.2 Å². The summed E-state index contributed by atoms with van der Waals surface area (Å²) in [4.78, 5) is 36.3. The Balaban J connectivity index is 1.88. The highest BCUT2D eigenvalue weighted by atomic mass is 28.3. The molecule has 0 aliphatic carbocycles. The lowest BCUT2D eigenvalue weighted by molar-refractivity contribution is -0.0151.